The van der Waals surface area contributed by atoms with Crippen LogP contribution in [-0.4, -0.2) is 35.9 Å². The smallest absolute Gasteiger partial charge is 0.320 e. The van der Waals surface area contributed by atoms with Gasteiger partial charge in [0.15, 0.2) is 0 Å². The molecule has 0 fully saturated rings. The summed E-state index contributed by atoms with van der Waals surface area (Å²) in [6, 6.07) is 0.227. The van der Waals surface area contributed by atoms with E-state index < -0.39 is 5.60 Å². The van der Waals surface area contributed by atoms with Crippen molar-refractivity contribution >= 4 is 5.97 Å². The molecule has 2 N–H and O–H groups in total. The lowest BCUT2D eigenvalue weighted by Gasteiger charge is -2.20. The van der Waals surface area contributed by atoms with E-state index in [-0.39, 0.29) is 25.2 Å². The van der Waals surface area contributed by atoms with Gasteiger partial charge in [-0.25, -0.2) is 0 Å². The molecule has 90 valence electrons. The van der Waals surface area contributed by atoms with Gasteiger partial charge in [-0.05, 0) is 40.5 Å². The molecule has 1 atom stereocenters. The van der Waals surface area contributed by atoms with Crippen LogP contribution in [0, 0.1) is 0 Å². The van der Waals surface area contributed by atoms with Crippen molar-refractivity contribution in [3.05, 3.63) is 0 Å². The van der Waals surface area contributed by atoms with E-state index in [1.165, 1.54) is 0 Å². The number of ether oxygens (including phenoxy) is 1. The molecule has 0 spiro atoms. The van der Waals surface area contributed by atoms with E-state index in [1.54, 1.807) is 0 Å². The van der Waals surface area contributed by atoms with Crippen molar-refractivity contribution in [1.82, 2.24) is 5.32 Å². The summed E-state index contributed by atoms with van der Waals surface area (Å²) in [5, 5.41) is 11.7. The lowest BCUT2D eigenvalue weighted by molar-refractivity contribution is -0.153. The molecule has 0 amide bonds. The van der Waals surface area contributed by atoms with E-state index in [4.69, 9.17) is 9.84 Å². The van der Waals surface area contributed by atoms with Crippen molar-refractivity contribution in [3.8, 4) is 0 Å². The molecule has 1 unspecified atom stereocenters. The molecule has 0 aromatic carbocycles. The number of carbonyl (C=O) groups is 1. The van der Waals surface area contributed by atoms with Gasteiger partial charge in [0.1, 0.15) is 5.60 Å². The van der Waals surface area contributed by atoms with Crippen LogP contribution in [0.25, 0.3) is 0 Å². The highest BCUT2D eigenvalue weighted by Crippen LogP contribution is 2.06. The summed E-state index contributed by atoms with van der Waals surface area (Å²) in [6.07, 6.45) is 1.61. The standard InChI is InChI=1S/C11H23NO3/c1-9(6-5-7-13)12-8-10(14)15-11(2,3)4/h9,12-13H,5-8H2,1-4H3. The predicted molar refractivity (Wildman–Crippen MR) is 59.6 cm³/mol. The topological polar surface area (TPSA) is 58.6 Å². The van der Waals surface area contributed by atoms with Crippen molar-refractivity contribution < 1.29 is 14.6 Å². The number of aliphatic hydroxyl groups is 1. The molecule has 0 aliphatic rings. The molecular weight excluding hydrogens is 194 g/mol. The van der Waals surface area contributed by atoms with Crippen molar-refractivity contribution in [2.45, 2.75) is 52.2 Å². The van der Waals surface area contributed by atoms with Gasteiger partial charge >= 0.3 is 5.97 Å². The maximum Gasteiger partial charge on any atom is 0.320 e. The normalized spacial score (nSPS) is 13.7. The molecule has 0 aromatic rings. The van der Waals surface area contributed by atoms with E-state index in [0.717, 1.165) is 12.8 Å². The summed E-state index contributed by atoms with van der Waals surface area (Å²) >= 11 is 0. The quantitative estimate of drug-likeness (QED) is 0.654. The lowest BCUT2D eigenvalue weighted by atomic mass is 10.2. The van der Waals surface area contributed by atoms with Crippen molar-refractivity contribution in [2.75, 3.05) is 13.2 Å². The molecule has 0 aliphatic carbocycles. The SMILES string of the molecule is CC(CCCO)NCC(=O)OC(C)(C)C. The summed E-state index contributed by atoms with van der Waals surface area (Å²) in [5.41, 5.74) is -0.424. The number of esters is 1. The maximum atomic E-state index is 11.3. The van der Waals surface area contributed by atoms with Gasteiger partial charge in [0.25, 0.3) is 0 Å². The van der Waals surface area contributed by atoms with Gasteiger partial charge in [-0.15, -0.1) is 0 Å². The van der Waals surface area contributed by atoms with Crippen LogP contribution in [0.5, 0.6) is 0 Å². The Labute approximate surface area is 92.0 Å². The Hall–Kier alpha value is -0.610. The van der Waals surface area contributed by atoms with E-state index in [0.29, 0.717) is 0 Å². The first-order chi connectivity index (χ1) is 6.85. The highest BCUT2D eigenvalue weighted by atomic mass is 16.6. The third-order valence-corrected chi connectivity index (χ3v) is 1.81. The zero-order chi connectivity index (χ0) is 11.9. The first-order valence-corrected chi connectivity index (χ1v) is 5.41. The number of rotatable bonds is 6. The monoisotopic (exact) mass is 217 g/mol. The zero-order valence-electron chi connectivity index (χ0n) is 10.2. The van der Waals surface area contributed by atoms with Gasteiger partial charge in [0, 0.05) is 12.6 Å². The van der Waals surface area contributed by atoms with Gasteiger partial charge < -0.3 is 15.2 Å². The average Bonchev–Trinajstić information content (AvgIpc) is 2.08. The first kappa shape index (κ1) is 14.4. The Morgan fingerprint density at radius 3 is 2.53 bits per heavy atom. The third kappa shape index (κ3) is 9.69. The number of aliphatic hydroxyl groups excluding tert-OH is 1. The summed E-state index contributed by atoms with van der Waals surface area (Å²) < 4.78 is 5.14. The van der Waals surface area contributed by atoms with Gasteiger partial charge in [0.2, 0.25) is 0 Å². The van der Waals surface area contributed by atoms with E-state index >= 15 is 0 Å². The summed E-state index contributed by atoms with van der Waals surface area (Å²) in [5.74, 6) is -0.238. The van der Waals surface area contributed by atoms with Crippen molar-refractivity contribution in [1.29, 1.82) is 0 Å². The van der Waals surface area contributed by atoms with Gasteiger partial charge in [-0.1, -0.05) is 0 Å². The van der Waals surface area contributed by atoms with E-state index in [1.807, 2.05) is 27.7 Å². The Morgan fingerprint density at radius 2 is 2.07 bits per heavy atom. The van der Waals surface area contributed by atoms with Gasteiger partial charge in [-0.3, -0.25) is 4.79 Å². The number of nitrogens with one attached hydrogen (secondary N) is 1. The summed E-state index contributed by atoms with van der Waals surface area (Å²) in [6.45, 7) is 7.95. The van der Waals surface area contributed by atoms with Crippen molar-refractivity contribution in [2.24, 2.45) is 0 Å². The van der Waals surface area contributed by atoms with Crippen molar-refractivity contribution in [3.63, 3.8) is 0 Å². The first-order valence-electron chi connectivity index (χ1n) is 5.41. The fraction of sp³-hybridized carbons (Fsp3) is 0.909. The predicted octanol–water partition coefficient (Wildman–Crippen LogP) is 1.08. The fourth-order valence-electron chi connectivity index (χ4n) is 1.13. The zero-order valence-corrected chi connectivity index (χ0v) is 10.2. The van der Waals surface area contributed by atoms with Crippen LogP contribution in [0.1, 0.15) is 40.5 Å². The summed E-state index contributed by atoms with van der Waals surface area (Å²) in [7, 11) is 0. The second-order valence-corrected chi connectivity index (χ2v) is 4.73. The minimum absolute atomic E-state index is 0.193. The minimum atomic E-state index is -0.424. The van der Waals surface area contributed by atoms with E-state index in [2.05, 4.69) is 5.32 Å². The molecule has 0 bridgehead atoms. The third-order valence-electron chi connectivity index (χ3n) is 1.81. The van der Waals surface area contributed by atoms with Crippen LogP contribution < -0.4 is 5.32 Å². The Bertz CT molecular complexity index is 187. The van der Waals surface area contributed by atoms with Crippen LogP contribution in [0.15, 0.2) is 0 Å². The second kappa shape index (κ2) is 6.80. The average molecular weight is 217 g/mol. The molecule has 15 heavy (non-hydrogen) atoms. The second-order valence-electron chi connectivity index (χ2n) is 4.73. The summed E-state index contributed by atoms with van der Waals surface area (Å²) in [4.78, 5) is 11.3. The van der Waals surface area contributed by atoms with Crippen LogP contribution in [0.3, 0.4) is 0 Å². The maximum absolute atomic E-state index is 11.3. The molecule has 0 heterocycles. The molecule has 0 aromatic heterocycles. The molecule has 4 nitrogen and oxygen atoms in total. The molecular formula is C11H23NO3. The molecule has 4 heteroatoms. The Kier molecular flexibility index (Phi) is 6.52. The molecule has 0 aliphatic heterocycles. The minimum Gasteiger partial charge on any atom is -0.459 e. The van der Waals surface area contributed by atoms with E-state index in [9.17, 15) is 4.79 Å². The van der Waals surface area contributed by atoms with Crippen LogP contribution in [0.4, 0.5) is 0 Å². The van der Waals surface area contributed by atoms with Gasteiger partial charge in [0.05, 0.1) is 6.54 Å². The molecule has 0 saturated heterocycles. The highest BCUT2D eigenvalue weighted by molar-refractivity contribution is 5.72. The molecule has 0 radical (unpaired) electrons. The highest BCUT2D eigenvalue weighted by Gasteiger charge is 2.16. The Balaban J connectivity index is 3.62. The fourth-order valence-corrected chi connectivity index (χ4v) is 1.13. The van der Waals surface area contributed by atoms with Crippen LogP contribution in [-0.2, 0) is 9.53 Å². The number of carbonyl (C=O) groups excluding carboxylic acids is 1. The lowest BCUT2D eigenvalue weighted by Crippen LogP contribution is -2.35. The molecule has 0 rings (SSSR count). The van der Waals surface area contributed by atoms with Crippen LogP contribution in [0.2, 0.25) is 0 Å². The number of hydrogen-bond donors (Lipinski definition) is 2. The van der Waals surface area contributed by atoms with Gasteiger partial charge in [-0.2, -0.15) is 0 Å². The Morgan fingerprint density at radius 1 is 1.47 bits per heavy atom. The largest absolute Gasteiger partial charge is 0.459 e. The van der Waals surface area contributed by atoms with Crippen LogP contribution >= 0.6 is 0 Å². The molecule has 0 saturated carbocycles. The number of hydrogen-bond acceptors (Lipinski definition) is 4.